The maximum absolute atomic E-state index is 12.5. The first-order valence-corrected chi connectivity index (χ1v) is 9.05. The molecule has 3 heterocycles. The lowest BCUT2D eigenvalue weighted by molar-refractivity contribution is -0.116. The third kappa shape index (κ3) is 4.01. The first kappa shape index (κ1) is 18.4. The number of nitrogens with one attached hydrogen (secondary N) is 1. The largest absolute Gasteiger partial charge is 0.481 e. The van der Waals surface area contributed by atoms with Gasteiger partial charge in [-0.25, -0.2) is 4.98 Å². The van der Waals surface area contributed by atoms with Crippen molar-refractivity contribution < 1.29 is 9.53 Å². The summed E-state index contributed by atoms with van der Waals surface area (Å²) in [7, 11) is 3.37. The van der Waals surface area contributed by atoms with E-state index in [0.29, 0.717) is 11.7 Å². The zero-order chi connectivity index (χ0) is 20.2. The quantitative estimate of drug-likeness (QED) is 0.549. The highest BCUT2D eigenvalue weighted by atomic mass is 16.5. The van der Waals surface area contributed by atoms with E-state index in [0.717, 1.165) is 22.4 Å². The van der Waals surface area contributed by atoms with Crippen molar-refractivity contribution in [3.8, 4) is 28.3 Å². The van der Waals surface area contributed by atoms with Crippen LogP contribution in [0.4, 0.5) is 5.82 Å². The summed E-state index contributed by atoms with van der Waals surface area (Å²) in [6.07, 6.45) is 5.14. The Balaban J connectivity index is 1.46. The van der Waals surface area contributed by atoms with Crippen molar-refractivity contribution in [2.75, 3.05) is 12.4 Å². The summed E-state index contributed by atoms with van der Waals surface area (Å²) < 4.78 is 8.51. The normalized spacial score (nSPS) is 10.7. The molecule has 0 saturated heterocycles. The maximum Gasteiger partial charge on any atom is 0.247 e. The van der Waals surface area contributed by atoms with Crippen molar-refractivity contribution in [2.24, 2.45) is 7.05 Å². The van der Waals surface area contributed by atoms with Crippen molar-refractivity contribution >= 4 is 11.7 Å². The van der Waals surface area contributed by atoms with Crippen LogP contribution in [0.5, 0.6) is 5.88 Å². The van der Waals surface area contributed by atoms with Gasteiger partial charge in [-0.2, -0.15) is 10.2 Å². The molecule has 0 aliphatic rings. The van der Waals surface area contributed by atoms with Gasteiger partial charge in [0.25, 0.3) is 0 Å². The minimum absolute atomic E-state index is 0.0778. The van der Waals surface area contributed by atoms with Gasteiger partial charge in [-0.15, -0.1) is 0 Å². The van der Waals surface area contributed by atoms with E-state index in [1.807, 2.05) is 48.5 Å². The molecule has 29 heavy (non-hydrogen) atoms. The van der Waals surface area contributed by atoms with Crippen LogP contribution < -0.4 is 10.1 Å². The van der Waals surface area contributed by atoms with Crippen LogP contribution in [0, 0.1) is 0 Å². The molecule has 0 spiro atoms. The fourth-order valence-corrected chi connectivity index (χ4v) is 3.03. The lowest BCUT2D eigenvalue weighted by Gasteiger charge is -2.05. The first-order valence-electron chi connectivity index (χ1n) is 9.05. The van der Waals surface area contributed by atoms with Crippen LogP contribution in [0.25, 0.3) is 22.4 Å². The molecular weight excluding hydrogens is 368 g/mol. The van der Waals surface area contributed by atoms with Gasteiger partial charge in [0.05, 0.1) is 19.0 Å². The Bertz CT molecular complexity index is 1130. The lowest BCUT2D eigenvalue weighted by Crippen LogP contribution is -2.20. The van der Waals surface area contributed by atoms with Crippen molar-refractivity contribution in [3.63, 3.8) is 0 Å². The molecule has 0 atom stereocenters. The van der Waals surface area contributed by atoms with E-state index in [1.54, 1.807) is 42.1 Å². The Morgan fingerprint density at radius 1 is 1.14 bits per heavy atom. The number of aryl methyl sites for hydroxylation is 1. The van der Waals surface area contributed by atoms with E-state index in [-0.39, 0.29) is 12.5 Å². The molecule has 8 nitrogen and oxygen atoms in total. The van der Waals surface area contributed by atoms with Gasteiger partial charge >= 0.3 is 0 Å². The number of rotatable bonds is 6. The number of carbonyl (C=O) groups excluding carboxylic acids is 1. The van der Waals surface area contributed by atoms with Gasteiger partial charge in [0.2, 0.25) is 11.8 Å². The second-order valence-electron chi connectivity index (χ2n) is 6.44. The minimum Gasteiger partial charge on any atom is -0.481 e. The molecule has 8 heteroatoms. The Kier molecular flexibility index (Phi) is 5.07. The topological polar surface area (TPSA) is 86.9 Å². The fourth-order valence-electron chi connectivity index (χ4n) is 3.03. The molecule has 1 amide bonds. The Hall–Kier alpha value is -3.94. The number of ether oxygens (including phenoxy) is 1. The van der Waals surface area contributed by atoms with E-state index in [1.165, 1.54) is 0 Å². The molecule has 0 aliphatic heterocycles. The van der Waals surface area contributed by atoms with Gasteiger partial charge in [-0.3, -0.25) is 14.2 Å². The number of carbonyl (C=O) groups is 1. The summed E-state index contributed by atoms with van der Waals surface area (Å²) in [6, 6.07) is 15.4. The molecule has 0 unspecified atom stereocenters. The van der Waals surface area contributed by atoms with Gasteiger partial charge in [0.1, 0.15) is 12.4 Å². The molecule has 4 rings (SSSR count). The highest BCUT2D eigenvalue weighted by Crippen LogP contribution is 2.27. The molecule has 0 aliphatic carbocycles. The molecule has 0 saturated carbocycles. The Morgan fingerprint density at radius 3 is 2.76 bits per heavy atom. The van der Waals surface area contributed by atoms with Crippen molar-refractivity contribution in [2.45, 2.75) is 6.54 Å². The predicted octanol–water partition coefficient (Wildman–Crippen LogP) is 2.99. The highest BCUT2D eigenvalue weighted by Gasteiger charge is 2.13. The summed E-state index contributed by atoms with van der Waals surface area (Å²) >= 11 is 0. The standard InChI is InChI=1S/C21H20N6O2/c1-26-19(11-18(25-26)15-7-4-3-5-8-15)24-20(28)14-27-13-16(12-23-27)17-9-6-10-22-21(17)29-2/h3-13H,14H2,1-2H3,(H,24,28). The summed E-state index contributed by atoms with van der Waals surface area (Å²) in [5.74, 6) is 0.940. The second kappa shape index (κ2) is 7.97. The van der Waals surface area contributed by atoms with E-state index < -0.39 is 0 Å². The van der Waals surface area contributed by atoms with E-state index in [9.17, 15) is 4.79 Å². The van der Waals surface area contributed by atoms with Gasteiger partial charge < -0.3 is 10.1 Å². The number of hydrogen-bond donors (Lipinski definition) is 1. The maximum atomic E-state index is 12.5. The average Bonchev–Trinajstić information content (AvgIpc) is 3.35. The molecule has 0 radical (unpaired) electrons. The van der Waals surface area contributed by atoms with Crippen LogP contribution in [-0.2, 0) is 18.4 Å². The van der Waals surface area contributed by atoms with Gasteiger partial charge in [-0.1, -0.05) is 30.3 Å². The van der Waals surface area contributed by atoms with Crippen LogP contribution in [0.15, 0.2) is 67.1 Å². The highest BCUT2D eigenvalue weighted by molar-refractivity contribution is 5.90. The number of aromatic nitrogens is 5. The third-order valence-corrected chi connectivity index (χ3v) is 4.43. The van der Waals surface area contributed by atoms with Crippen LogP contribution >= 0.6 is 0 Å². The van der Waals surface area contributed by atoms with Crippen LogP contribution in [0.3, 0.4) is 0 Å². The van der Waals surface area contributed by atoms with E-state index >= 15 is 0 Å². The Labute approximate surface area is 167 Å². The zero-order valence-electron chi connectivity index (χ0n) is 16.1. The molecule has 1 N–H and O–H groups in total. The van der Waals surface area contributed by atoms with Crippen LogP contribution in [0.2, 0.25) is 0 Å². The lowest BCUT2D eigenvalue weighted by atomic mass is 10.1. The van der Waals surface area contributed by atoms with Crippen LogP contribution in [-0.4, -0.2) is 37.6 Å². The van der Waals surface area contributed by atoms with Crippen molar-refractivity contribution in [1.82, 2.24) is 24.5 Å². The number of anilines is 1. The zero-order valence-corrected chi connectivity index (χ0v) is 16.1. The first-order chi connectivity index (χ1) is 14.1. The molecule has 0 bridgehead atoms. The van der Waals surface area contributed by atoms with Gasteiger partial charge in [-0.05, 0) is 12.1 Å². The molecule has 4 aromatic rings. The van der Waals surface area contributed by atoms with Crippen molar-refractivity contribution in [3.05, 3.63) is 67.1 Å². The van der Waals surface area contributed by atoms with Gasteiger partial charge in [0, 0.05) is 42.2 Å². The second-order valence-corrected chi connectivity index (χ2v) is 6.44. The molecule has 0 fully saturated rings. The smallest absolute Gasteiger partial charge is 0.247 e. The monoisotopic (exact) mass is 388 g/mol. The van der Waals surface area contributed by atoms with Crippen molar-refractivity contribution in [1.29, 1.82) is 0 Å². The fraction of sp³-hybridized carbons (Fsp3) is 0.143. The molecule has 1 aromatic carbocycles. The third-order valence-electron chi connectivity index (χ3n) is 4.43. The number of methoxy groups -OCH3 is 1. The SMILES string of the molecule is COc1ncccc1-c1cnn(CC(=O)Nc2cc(-c3ccccc3)nn2C)c1. The summed E-state index contributed by atoms with van der Waals surface area (Å²) in [5, 5.41) is 11.6. The predicted molar refractivity (Wildman–Crippen MR) is 109 cm³/mol. The number of amides is 1. The summed E-state index contributed by atoms with van der Waals surface area (Å²) in [6.45, 7) is 0.0778. The number of benzene rings is 1. The minimum atomic E-state index is -0.194. The summed E-state index contributed by atoms with van der Waals surface area (Å²) in [4.78, 5) is 16.7. The molecule has 146 valence electrons. The summed E-state index contributed by atoms with van der Waals surface area (Å²) in [5.41, 5.74) is 3.44. The van der Waals surface area contributed by atoms with E-state index in [2.05, 4.69) is 20.5 Å². The average molecular weight is 388 g/mol. The molecule has 3 aromatic heterocycles. The Morgan fingerprint density at radius 2 is 1.97 bits per heavy atom. The molecular formula is C21H20N6O2. The number of hydrogen-bond acceptors (Lipinski definition) is 5. The van der Waals surface area contributed by atoms with Gasteiger partial charge in [0.15, 0.2) is 0 Å². The number of nitrogens with zero attached hydrogens (tertiary/aromatic N) is 5. The number of pyridine rings is 1. The van der Waals surface area contributed by atoms with Crippen LogP contribution in [0.1, 0.15) is 0 Å². The van der Waals surface area contributed by atoms with E-state index in [4.69, 9.17) is 4.74 Å².